The Morgan fingerprint density at radius 2 is 2.19 bits per heavy atom. The van der Waals surface area contributed by atoms with Gasteiger partial charge in [-0.3, -0.25) is 14.3 Å². The monoisotopic (exact) mass is 326 g/mol. The Hall–Kier alpha value is -1.68. The maximum absolute atomic E-state index is 13.8. The first-order valence-electron chi connectivity index (χ1n) is 5.48. The van der Waals surface area contributed by atoms with Crippen LogP contribution in [0.2, 0.25) is 0 Å². The van der Waals surface area contributed by atoms with E-state index in [1.54, 1.807) is 4.98 Å². The van der Waals surface area contributed by atoms with Crippen molar-refractivity contribution in [3.05, 3.63) is 32.9 Å². The van der Waals surface area contributed by atoms with E-state index >= 15 is 0 Å². The molecule has 0 aromatic carbocycles. The molecule has 1 aliphatic rings. The summed E-state index contributed by atoms with van der Waals surface area (Å²) >= 11 is 0. The van der Waals surface area contributed by atoms with Crippen molar-refractivity contribution in [3.63, 3.8) is 0 Å². The quantitative estimate of drug-likeness (QED) is 0.649. The van der Waals surface area contributed by atoms with Crippen LogP contribution in [0.1, 0.15) is 12.6 Å². The van der Waals surface area contributed by atoms with Gasteiger partial charge >= 0.3 is 11.4 Å². The highest BCUT2D eigenvalue weighted by Gasteiger charge is 2.40. The molecule has 21 heavy (non-hydrogen) atoms. The van der Waals surface area contributed by atoms with Gasteiger partial charge in [0.25, 0.3) is 13.9 Å². The number of carbonyl (C=O) groups excluding carboxylic acids is 1. The Balaban J connectivity index is 2.19. The van der Waals surface area contributed by atoms with Gasteiger partial charge in [0, 0.05) is 6.42 Å². The molecule has 1 saturated heterocycles. The molecule has 9 nitrogen and oxygen atoms in total. The number of halogens is 2. The number of carbonyl (C=O) groups is 1. The van der Waals surface area contributed by atoms with Crippen molar-refractivity contribution in [2.45, 2.75) is 25.1 Å². The molecule has 1 aromatic rings. The van der Waals surface area contributed by atoms with Gasteiger partial charge in [0.2, 0.25) is 12.1 Å². The summed E-state index contributed by atoms with van der Waals surface area (Å²) in [5.41, 5.74) is -3.77. The molecule has 0 aliphatic carbocycles. The Morgan fingerprint density at radius 3 is 2.81 bits per heavy atom. The average molecular weight is 326 g/mol. The molecule has 3 atom stereocenters. The number of hydrogen-bond donors (Lipinski definition) is 3. The van der Waals surface area contributed by atoms with Crippen LogP contribution in [0.15, 0.2) is 15.8 Å². The first kappa shape index (κ1) is 15.7. The van der Waals surface area contributed by atoms with Crippen LogP contribution in [0.3, 0.4) is 0 Å². The summed E-state index contributed by atoms with van der Waals surface area (Å²) < 4.78 is 36.7. The molecule has 0 saturated carbocycles. The number of nitrogens with one attached hydrogen (secondary N) is 1. The zero-order chi connectivity index (χ0) is 15.7. The van der Waals surface area contributed by atoms with Crippen molar-refractivity contribution in [1.82, 2.24) is 9.55 Å². The van der Waals surface area contributed by atoms with E-state index in [2.05, 4.69) is 4.74 Å². The number of hydrogen-bond acceptors (Lipinski definition) is 7. The van der Waals surface area contributed by atoms with Gasteiger partial charge in [0.05, 0.1) is 6.20 Å². The van der Waals surface area contributed by atoms with Gasteiger partial charge in [-0.2, -0.15) is 4.39 Å². The Morgan fingerprint density at radius 1 is 1.52 bits per heavy atom. The highest BCUT2D eigenvalue weighted by atomic mass is 31.2. The van der Waals surface area contributed by atoms with Crippen LogP contribution >= 0.6 is 8.38 Å². The van der Waals surface area contributed by atoms with E-state index in [0.717, 1.165) is 0 Å². The van der Waals surface area contributed by atoms with Gasteiger partial charge in [-0.1, -0.05) is 0 Å². The number of aromatic amines is 1. The zero-order valence-corrected chi connectivity index (χ0v) is 11.0. The lowest BCUT2D eigenvalue weighted by Crippen LogP contribution is -2.36. The number of nitrogens with zero attached hydrogens (tertiary/aromatic N) is 1. The van der Waals surface area contributed by atoms with E-state index in [1.165, 1.54) is 0 Å². The summed E-state index contributed by atoms with van der Waals surface area (Å²) in [5.74, 6) is -1.32. The Labute approximate surface area is 115 Å². The van der Waals surface area contributed by atoms with Crippen LogP contribution in [-0.2, 0) is 9.47 Å². The lowest BCUT2D eigenvalue weighted by molar-refractivity contribution is -0.117. The van der Waals surface area contributed by atoms with E-state index in [-0.39, 0.29) is 0 Å². The van der Waals surface area contributed by atoms with Crippen LogP contribution in [0.5, 0.6) is 0 Å². The van der Waals surface area contributed by atoms with Gasteiger partial charge in [-0.15, -0.1) is 0 Å². The highest BCUT2D eigenvalue weighted by Crippen LogP contribution is 2.34. The van der Waals surface area contributed by atoms with E-state index in [4.69, 9.17) is 14.5 Å². The average Bonchev–Trinajstić information content (AvgIpc) is 2.74. The predicted molar refractivity (Wildman–Crippen MR) is 62.5 cm³/mol. The van der Waals surface area contributed by atoms with Crippen molar-refractivity contribution >= 4 is 14.1 Å². The molecule has 1 fully saturated rings. The molecule has 0 amide bonds. The van der Waals surface area contributed by atoms with Gasteiger partial charge in [-0.05, 0) is 0 Å². The van der Waals surface area contributed by atoms with Crippen LogP contribution in [-0.4, -0.2) is 37.5 Å². The molecule has 1 aliphatic heterocycles. The van der Waals surface area contributed by atoms with Crippen molar-refractivity contribution in [3.8, 4) is 0 Å². The molecule has 0 unspecified atom stereocenters. The molecular weight excluding hydrogens is 317 g/mol. The summed E-state index contributed by atoms with van der Waals surface area (Å²) in [6.07, 6.45) is -4.95. The van der Waals surface area contributed by atoms with Gasteiger partial charge in [-0.25, -0.2) is 14.0 Å². The first-order valence-corrected chi connectivity index (χ1v) is 6.73. The van der Waals surface area contributed by atoms with Crippen molar-refractivity contribution < 1.29 is 32.8 Å². The Kier molecular flexibility index (Phi) is 4.47. The lowest BCUT2D eigenvalue weighted by Gasteiger charge is -2.16. The SMILES string of the molecule is O=C(O[C@@H]1C[C@H](F)[C@H](n2cc(F)c(=O)[nH]c2=O)O1)P(O)O. The molecular formula is C9H9F2N2O7P. The second-order valence-electron chi connectivity index (χ2n) is 4.02. The van der Waals surface area contributed by atoms with Crippen molar-refractivity contribution in [1.29, 1.82) is 0 Å². The minimum atomic E-state index is -3.02. The molecule has 2 rings (SSSR count). The number of alkyl halides is 1. The van der Waals surface area contributed by atoms with E-state index < -0.39 is 56.3 Å². The molecule has 0 bridgehead atoms. The molecule has 3 N–H and O–H groups in total. The predicted octanol–water partition coefficient (Wildman–Crippen LogP) is -0.308. The normalized spacial score (nSPS) is 25.3. The third kappa shape index (κ3) is 3.32. The molecule has 1 aromatic heterocycles. The largest absolute Gasteiger partial charge is 0.429 e. The third-order valence-electron chi connectivity index (χ3n) is 2.61. The van der Waals surface area contributed by atoms with Crippen molar-refractivity contribution in [2.75, 3.05) is 0 Å². The second-order valence-corrected chi connectivity index (χ2v) is 4.97. The summed E-state index contributed by atoms with van der Waals surface area (Å²) in [6, 6.07) is 0. The first-order chi connectivity index (χ1) is 9.79. The lowest BCUT2D eigenvalue weighted by atomic mass is 10.3. The van der Waals surface area contributed by atoms with E-state index in [0.29, 0.717) is 10.8 Å². The highest BCUT2D eigenvalue weighted by molar-refractivity contribution is 7.63. The molecule has 116 valence electrons. The topological polar surface area (TPSA) is 131 Å². The second kappa shape index (κ2) is 5.98. The standard InChI is InChI=1S/C9H9F2N2O7P/c10-3-1-5(20-9(16)21(17)18)19-7(3)13-2-4(11)6(14)12-8(13)15/h2-3,5,7,17-18H,1H2,(H,12,14,15)/t3-,5+,7+/m0/s1. The van der Waals surface area contributed by atoms with E-state index in [9.17, 15) is 23.2 Å². The molecule has 0 spiro atoms. The number of aromatic nitrogens is 2. The van der Waals surface area contributed by atoms with Crippen LogP contribution in [0.4, 0.5) is 13.6 Å². The van der Waals surface area contributed by atoms with Gasteiger partial charge in [0.15, 0.2) is 12.4 Å². The summed E-state index contributed by atoms with van der Waals surface area (Å²) in [5, 5.41) is 0. The number of H-pyrrole nitrogens is 1. The van der Waals surface area contributed by atoms with Gasteiger partial charge < -0.3 is 19.3 Å². The minimum Gasteiger partial charge on any atom is -0.429 e. The fourth-order valence-electron chi connectivity index (χ4n) is 1.72. The van der Waals surface area contributed by atoms with E-state index in [1.807, 2.05) is 0 Å². The fourth-order valence-corrected chi connectivity index (χ4v) is 1.93. The summed E-state index contributed by atoms with van der Waals surface area (Å²) in [4.78, 5) is 52.1. The Bertz CT molecular complexity index is 660. The third-order valence-corrected chi connectivity index (χ3v) is 3.04. The van der Waals surface area contributed by atoms with Crippen LogP contribution < -0.4 is 11.2 Å². The van der Waals surface area contributed by atoms with Crippen LogP contribution in [0, 0.1) is 5.82 Å². The number of rotatable bonds is 3. The molecule has 0 radical (unpaired) electrons. The summed E-state index contributed by atoms with van der Waals surface area (Å²) in [7, 11) is -3.02. The van der Waals surface area contributed by atoms with Crippen LogP contribution in [0.25, 0.3) is 0 Å². The zero-order valence-electron chi connectivity index (χ0n) is 10.1. The van der Waals surface area contributed by atoms with Gasteiger partial charge in [0.1, 0.15) is 0 Å². The van der Waals surface area contributed by atoms with Crippen molar-refractivity contribution in [2.24, 2.45) is 0 Å². The maximum atomic E-state index is 13.8. The molecule has 2 heterocycles. The minimum absolute atomic E-state index is 0.466. The smallest absolute Gasteiger partial charge is 0.385 e. The summed E-state index contributed by atoms with van der Waals surface area (Å²) in [6.45, 7) is 0. The fraction of sp³-hybridized carbons (Fsp3) is 0.444. The maximum Gasteiger partial charge on any atom is 0.385 e. The molecule has 12 heteroatoms. The number of ether oxygens (including phenoxy) is 2.